The van der Waals surface area contributed by atoms with E-state index in [1.54, 1.807) is 14.2 Å². The third-order valence-corrected chi connectivity index (χ3v) is 1.89. The first kappa shape index (κ1) is 14.4. The summed E-state index contributed by atoms with van der Waals surface area (Å²) in [5.74, 6) is 1.59. The minimum Gasteiger partial charge on any atom is -0.554 e. The van der Waals surface area contributed by atoms with Crippen molar-refractivity contribution in [1.29, 1.82) is 0 Å². The molecule has 0 saturated carbocycles. The van der Waals surface area contributed by atoms with Gasteiger partial charge in [-0.25, -0.2) is 0 Å². The van der Waals surface area contributed by atoms with Gasteiger partial charge in [-0.3, -0.25) is 0 Å². The SMILES string of the molecule is COc1c[c-]c(CN(C)C)c(OC)c1.[Pd]. The van der Waals surface area contributed by atoms with Crippen molar-refractivity contribution in [1.82, 2.24) is 4.90 Å². The Bertz CT molecular complexity index is 303. The van der Waals surface area contributed by atoms with E-state index in [0.29, 0.717) is 0 Å². The molecule has 0 fully saturated rings. The van der Waals surface area contributed by atoms with Gasteiger partial charge in [0.25, 0.3) is 0 Å². The van der Waals surface area contributed by atoms with Crippen LogP contribution in [0.5, 0.6) is 11.5 Å². The smallest absolute Gasteiger partial charge is 0.0607 e. The van der Waals surface area contributed by atoms with Crippen LogP contribution in [-0.2, 0) is 27.0 Å². The Morgan fingerprint density at radius 3 is 2.40 bits per heavy atom. The second-order valence-corrected chi connectivity index (χ2v) is 3.32. The summed E-state index contributed by atoms with van der Waals surface area (Å²) < 4.78 is 10.3. The molecule has 0 aliphatic heterocycles. The summed E-state index contributed by atoms with van der Waals surface area (Å²) in [6.45, 7) is 0.813. The Balaban J connectivity index is 0.00000196. The van der Waals surface area contributed by atoms with E-state index in [0.717, 1.165) is 23.6 Å². The van der Waals surface area contributed by atoms with Crippen LogP contribution in [0.1, 0.15) is 5.56 Å². The predicted molar refractivity (Wildman–Crippen MR) is 55.8 cm³/mol. The molecular weight excluding hydrogens is 285 g/mol. The van der Waals surface area contributed by atoms with Crippen molar-refractivity contribution < 1.29 is 29.9 Å². The van der Waals surface area contributed by atoms with Gasteiger partial charge in [0.1, 0.15) is 0 Å². The number of hydrogen-bond donors (Lipinski definition) is 0. The molecule has 0 saturated heterocycles. The van der Waals surface area contributed by atoms with Gasteiger partial charge in [-0.15, -0.1) is 11.6 Å². The van der Waals surface area contributed by atoms with Crippen LogP contribution in [0.15, 0.2) is 12.1 Å². The van der Waals surface area contributed by atoms with Crippen LogP contribution >= 0.6 is 0 Å². The van der Waals surface area contributed by atoms with E-state index in [4.69, 9.17) is 9.47 Å². The van der Waals surface area contributed by atoms with Gasteiger partial charge >= 0.3 is 0 Å². The van der Waals surface area contributed by atoms with Crippen molar-refractivity contribution in [3.63, 3.8) is 0 Å². The number of benzene rings is 1. The molecule has 0 amide bonds. The Labute approximate surface area is 105 Å². The maximum Gasteiger partial charge on any atom is 0.0607 e. The van der Waals surface area contributed by atoms with Crippen molar-refractivity contribution in [3.05, 3.63) is 23.8 Å². The van der Waals surface area contributed by atoms with Crippen LogP contribution < -0.4 is 9.47 Å². The largest absolute Gasteiger partial charge is 0.554 e. The van der Waals surface area contributed by atoms with E-state index in [9.17, 15) is 0 Å². The Kier molecular flexibility index (Phi) is 6.59. The summed E-state index contributed by atoms with van der Waals surface area (Å²) in [5.41, 5.74) is 1.04. The zero-order chi connectivity index (χ0) is 10.6. The fourth-order valence-electron chi connectivity index (χ4n) is 1.23. The van der Waals surface area contributed by atoms with Gasteiger partial charge in [-0.2, -0.15) is 6.07 Å². The minimum atomic E-state index is 0. The van der Waals surface area contributed by atoms with Crippen LogP contribution in [0.4, 0.5) is 0 Å². The first-order valence-electron chi connectivity index (χ1n) is 4.44. The molecule has 0 N–H and O–H groups in total. The molecule has 0 aliphatic rings. The molecule has 1 aromatic rings. The van der Waals surface area contributed by atoms with Crippen molar-refractivity contribution in [3.8, 4) is 11.5 Å². The molecule has 4 heteroatoms. The fraction of sp³-hybridized carbons (Fsp3) is 0.455. The maximum absolute atomic E-state index is 5.25. The number of methoxy groups -OCH3 is 2. The molecule has 1 rings (SSSR count). The van der Waals surface area contributed by atoms with E-state index in [2.05, 4.69) is 11.0 Å². The standard InChI is InChI=1S/C11H16NO2.Pd/c1-12(2)8-9-5-6-10(13-3)7-11(9)14-4;/h6-7H,8H2,1-4H3;/q-1;. The molecule has 0 unspecified atom stereocenters. The van der Waals surface area contributed by atoms with Crippen molar-refractivity contribution in [2.24, 2.45) is 0 Å². The molecule has 3 nitrogen and oxygen atoms in total. The monoisotopic (exact) mass is 300 g/mol. The first-order valence-corrected chi connectivity index (χ1v) is 4.44. The molecule has 0 spiro atoms. The van der Waals surface area contributed by atoms with E-state index in [-0.39, 0.29) is 20.4 Å². The maximum atomic E-state index is 5.25. The van der Waals surface area contributed by atoms with Gasteiger partial charge in [0, 0.05) is 38.5 Å². The van der Waals surface area contributed by atoms with Crippen LogP contribution in [0.3, 0.4) is 0 Å². The summed E-state index contributed by atoms with van der Waals surface area (Å²) in [6.07, 6.45) is 0. The topological polar surface area (TPSA) is 21.7 Å². The third-order valence-electron chi connectivity index (χ3n) is 1.89. The Morgan fingerprint density at radius 1 is 1.27 bits per heavy atom. The van der Waals surface area contributed by atoms with Crippen molar-refractivity contribution >= 4 is 0 Å². The quantitative estimate of drug-likeness (QED) is 0.622. The average molecular weight is 301 g/mol. The molecule has 0 bridgehead atoms. The molecule has 88 valence electrons. The van der Waals surface area contributed by atoms with Crippen LogP contribution in [0.2, 0.25) is 0 Å². The van der Waals surface area contributed by atoms with Crippen molar-refractivity contribution in [2.45, 2.75) is 6.54 Å². The van der Waals surface area contributed by atoms with Gasteiger partial charge in [-0.05, 0) is 14.1 Å². The second-order valence-electron chi connectivity index (χ2n) is 3.32. The van der Waals surface area contributed by atoms with E-state index in [1.807, 2.05) is 26.2 Å². The number of nitrogens with zero attached hydrogens (tertiary/aromatic N) is 1. The molecule has 0 radical (unpaired) electrons. The number of hydrogen-bond acceptors (Lipinski definition) is 3. The Morgan fingerprint density at radius 2 is 1.93 bits per heavy atom. The summed E-state index contributed by atoms with van der Waals surface area (Å²) in [6, 6.07) is 6.84. The van der Waals surface area contributed by atoms with Gasteiger partial charge in [0.05, 0.1) is 14.2 Å². The van der Waals surface area contributed by atoms with Crippen LogP contribution in [0.25, 0.3) is 0 Å². The minimum absolute atomic E-state index is 0. The molecular formula is C11H16NO2Pd-. The molecule has 1 aromatic carbocycles. The zero-order valence-corrected chi connectivity index (χ0v) is 11.0. The summed E-state index contributed by atoms with van der Waals surface area (Å²) in [7, 11) is 7.31. The van der Waals surface area contributed by atoms with Crippen molar-refractivity contribution in [2.75, 3.05) is 28.3 Å². The third kappa shape index (κ3) is 4.21. The summed E-state index contributed by atoms with van der Waals surface area (Å²) in [5, 5.41) is 0. The number of ether oxygens (including phenoxy) is 2. The summed E-state index contributed by atoms with van der Waals surface area (Å²) in [4.78, 5) is 2.07. The predicted octanol–water partition coefficient (Wildman–Crippen LogP) is 1.56. The molecule has 0 aromatic heterocycles. The first-order chi connectivity index (χ1) is 6.67. The van der Waals surface area contributed by atoms with Crippen LogP contribution in [0, 0.1) is 6.07 Å². The molecule has 0 aliphatic carbocycles. The van der Waals surface area contributed by atoms with Gasteiger partial charge in [0.2, 0.25) is 0 Å². The second kappa shape index (κ2) is 6.84. The van der Waals surface area contributed by atoms with Gasteiger partial charge < -0.3 is 14.4 Å². The average Bonchev–Trinajstić information content (AvgIpc) is 2.17. The Hall–Kier alpha value is -0.558. The van der Waals surface area contributed by atoms with E-state index in [1.165, 1.54) is 0 Å². The molecule has 15 heavy (non-hydrogen) atoms. The summed E-state index contributed by atoms with van der Waals surface area (Å²) >= 11 is 0. The zero-order valence-electron chi connectivity index (χ0n) is 9.44. The van der Waals surface area contributed by atoms with Gasteiger partial charge in [0.15, 0.2) is 0 Å². The van der Waals surface area contributed by atoms with E-state index < -0.39 is 0 Å². The van der Waals surface area contributed by atoms with Crippen LogP contribution in [-0.4, -0.2) is 33.2 Å². The molecule has 0 heterocycles. The normalized spacial score (nSPS) is 9.67. The number of rotatable bonds is 4. The fourth-order valence-corrected chi connectivity index (χ4v) is 1.23. The molecule has 0 atom stereocenters. The van der Waals surface area contributed by atoms with E-state index >= 15 is 0 Å². The van der Waals surface area contributed by atoms with Gasteiger partial charge in [-0.1, -0.05) is 6.07 Å².